The molecule has 0 atom stereocenters. The number of hydrogen-bond acceptors (Lipinski definition) is 6. The van der Waals surface area contributed by atoms with Crippen LogP contribution in [0.1, 0.15) is 26.3 Å². The van der Waals surface area contributed by atoms with Crippen molar-refractivity contribution in [2.75, 3.05) is 5.32 Å². The standard InChI is InChI=1S/C15H11N3O7/c1-8-2-4-9(5-3-8)16-14(19)11-6-10(17(22)23)7-12(18(24)25)13(11)15(20)21/h2-7H,1H3,(H,16,19)(H,20,21). The van der Waals surface area contributed by atoms with Crippen molar-refractivity contribution in [3.8, 4) is 0 Å². The van der Waals surface area contributed by atoms with Crippen molar-refractivity contribution in [2.24, 2.45) is 0 Å². The predicted molar refractivity (Wildman–Crippen MR) is 85.8 cm³/mol. The van der Waals surface area contributed by atoms with Crippen LogP contribution in [0.4, 0.5) is 17.1 Å². The molecule has 2 N–H and O–H groups in total. The fourth-order valence-corrected chi connectivity index (χ4v) is 2.10. The Morgan fingerprint density at radius 2 is 1.64 bits per heavy atom. The average molecular weight is 345 g/mol. The summed E-state index contributed by atoms with van der Waals surface area (Å²) < 4.78 is 0. The maximum absolute atomic E-state index is 12.4. The molecule has 0 aliphatic rings. The van der Waals surface area contributed by atoms with Crippen LogP contribution in [0.15, 0.2) is 36.4 Å². The van der Waals surface area contributed by atoms with E-state index in [2.05, 4.69) is 5.32 Å². The number of nitro groups is 2. The molecule has 10 heteroatoms. The number of carboxylic acid groups (broad SMARTS) is 1. The van der Waals surface area contributed by atoms with Gasteiger partial charge in [0.1, 0.15) is 0 Å². The summed E-state index contributed by atoms with van der Waals surface area (Å²) >= 11 is 0. The van der Waals surface area contributed by atoms with Crippen molar-refractivity contribution in [3.05, 3.63) is 73.3 Å². The summed E-state index contributed by atoms with van der Waals surface area (Å²) in [6.07, 6.45) is 0. The zero-order chi connectivity index (χ0) is 18.7. The van der Waals surface area contributed by atoms with E-state index in [1.807, 2.05) is 6.92 Å². The highest BCUT2D eigenvalue weighted by Gasteiger charge is 2.31. The third-order valence-corrected chi connectivity index (χ3v) is 3.28. The molecule has 0 spiro atoms. The zero-order valence-corrected chi connectivity index (χ0v) is 12.8. The Hall–Kier alpha value is -3.82. The molecule has 128 valence electrons. The van der Waals surface area contributed by atoms with Gasteiger partial charge in [-0.15, -0.1) is 0 Å². The van der Waals surface area contributed by atoms with Crippen molar-refractivity contribution in [1.29, 1.82) is 0 Å². The molecule has 0 saturated heterocycles. The lowest BCUT2D eigenvalue weighted by atomic mass is 10.0. The Labute approximate surface area is 140 Å². The van der Waals surface area contributed by atoms with Crippen molar-refractivity contribution in [1.82, 2.24) is 0 Å². The minimum absolute atomic E-state index is 0.307. The van der Waals surface area contributed by atoms with Crippen molar-refractivity contribution in [2.45, 2.75) is 6.92 Å². The van der Waals surface area contributed by atoms with E-state index in [1.54, 1.807) is 24.3 Å². The van der Waals surface area contributed by atoms with Crippen LogP contribution in [-0.4, -0.2) is 26.8 Å². The summed E-state index contributed by atoms with van der Waals surface area (Å²) in [6, 6.07) is 7.65. The molecule has 2 rings (SSSR count). The minimum Gasteiger partial charge on any atom is -0.477 e. The van der Waals surface area contributed by atoms with Gasteiger partial charge in [0.25, 0.3) is 17.3 Å². The number of rotatable bonds is 5. The predicted octanol–water partition coefficient (Wildman–Crippen LogP) is 2.76. The number of nitro benzene ring substituents is 2. The normalized spacial score (nSPS) is 10.1. The molecule has 0 radical (unpaired) electrons. The van der Waals surface area contributed by atoms with E-state index in [0.717, 1.165) is 5.56 Å². The lowest BCUT2D eigenvalue weighted by Gasteiger charge is -2.09. The number of anilines is 1. The monoisotopic (exact) mass is 345 g/mol. The number of carbonyl (C=O) groups excluding carboxylic acids is 1. The molecule has 2 aromatic carbocycles. The zero-order valence-electron chi connectivity index (χ0n) is 12.8. The Kier molecular flexibility index (Phi) is 4.73. The molecule has 0 saturated carbocycles. The summed E-state index contributed by atoms with van der Waals surface area (Å²) in [5.41, 5.74) is -2.16. The van der Waals surface area contributed by atoms with Crippen LogP contribution in [0, 0.1) is 27.2 Å². The van der Waals surface area contributed by atoms with Gasteiger partial charge in [0.15, 0.2) is 5.56 Å². The fraction of sp³-hybridized carbons (Fsp3) is 0.0667. The van der Waals surface area contributed by atoms with Gasteiger partial charge in [0, 0.05) is 11.8 Å². The first kappa shape index (κ1) is 17.5. The lowest BCUT2D eigenvalue weighted by molar-refractivity contribution is -0.394. The summed E-state index contributed by atoms with van der Waals surface area (Å²) in [4.78, 5) is 43.7. The number of carbonyl (C=O) groups is 2. The number of carboxylic acids is 1. The minimum atomic E-state index is -1.74. The highest BCUT2D eigenvalue weighted by atomic mass is 16.6. The first-order valence-electron chi connectivity index (χ1n) is 6.79. The molecule has 0 fully saturated rings. The van der Waals surface area contributed by atoms with E-state index < -0.39 is 44.2 Å². The van der Waals surface area contributed by atoms with Gasteiger partial charge >= 0.3 is 5.97 Å². The maximum atomic E-state index is 12.4. The molecular formula is C15H11N3O7. The van der Waals surface area contributed by atoms with E-state index in [9.17, 15) is 34.9 Å². The number of aryl methyl sites for hydroxylation is 1. The molecule has 0 heterocycles. The fourth-order valence-electron chi connectivity index (χ4n) is 2.10. The lowest BCUT2D eigenvalue weighted by Crippen LogP contribution is -2.18. The van der Waals surface area contributed by atoms with Gasteiger partial charge in [0.2, 0.25) is 0 Å². The van der Waals surface area contributed by atoms with Crippen LogP contribution >= 0.6 is 0 Å². The number of nitrogens with one attached hydrogen (secondary N) is 1. The van der Waals surface area contributed by atoms with Gasteiger partial charge < -0.3 is 10.4 Å². The van der Waals surface area contributed by atoms with Crippen LogP contribution in [0.2, 0.25) is 0 Å². The molecule has 0 aromatic heterocycles. The molecule has 0 aliphatic carbocycles. The molecule has 0 bridgehead atoms. The Morgan fingerprint density at radius 3 is 2.12 bits per heavy atom. The Bertz CT molecular complexity index is 891. The van der Waals surface area contributed by atoms with Gasteiger partial charge in [-0.05, 0) is 19.1 Å². The van der Waals surface area contributed by atoms with Gasteiger partial charge in [-0.3, -0.25) is 25.0 Å². The highest BCUT2D eigenvalue weighted by molar-refractivity contribution is 6.12. The second-order valence-electron chi connectivity index (χ2n) is 5.03. The smallest absolute Gasteiger partial charge is 0.343 e. The molecule has 0 unspecified atom stereocenters. The molecule has 25 heavy (non-hydrogen) atoms. The summed E-state index contributed by atoms with van der Waals surface area (Å²) in [7, 11) is 0. The molecule has 10 nitrogen and oxygen atoms in total. The van der Waals surface area contributed by atoms with Gasteiger partial charge in [-0.1, -0.05) is 17.7 Å². The quantitative estimate of drug-likeness (QED) is 0.624. The second-order valence-corrected chi connectivity index (χ2v) is 5.03. The van der Waals surface area contributed by atoms with Crippen LogP contribution in [0.5, 0.6) is 0 Å². The Balaban J connectivity index is 2.58. The van der Waals surface area contributed by atoms with Gasteiger partial charge in [0.05, 0.1) is 21.5 Å². The van der Waals surface area contributed by atoms with Crippen molar-refractivity contribution < 1.29 is 24.5 Å². The Morgan fingerprint density at radius 1 is 1.04 bits per heavy atom. The first-order valence-corrected chi connectivity index (χ1v) is 6.79. The molecule has 2 aromatic rings. The first-order chi connectivity index (χ1) is 11.7. The van der Waals surface area contributed by atoms with Crippen molar-refractivity contribution in [3.63, 3.8) is 0 Å². The second kappa shape index (κ2) is 6.74. The number of non-ortho nitro benzene ring substituents is 1. The average Bonchev–Trinajstić information content (AvgIpc) is 2.55. The summed E-state index contributed by atoms with van der Waals surface area (Å²) in [5, 5.41) is 33.6. The number of benzene rings is 2. The molecule has 1 amide bonds. The maximum Gasteiger partial charge on any atom is 0.343 e. The third kappa shape index (κ3) is 3.75. The van der Waals surface area contributed by atoms with Crippen LogP contribution in [0.3, 0.4) is 0 Å². The topological polar surface area (TPSA) is 153 Å². The highest BCUT2D eigenvalue weighted by Crippen LogP contribution is 2.29. The summed E-state index contributed by atoms with van der Waals surface area (Å²) in [6.45, 7) is 1.82. The molecular weight excluding hydrogens is 334 g/mol. The third-order valence-electron chi connectivity index (χ3n) is 3.28. The van der Waals surface area contributed by atoms with Gasteiger partial charge in [-0.25, -0.2) is 4.79 Å². The van der Waals surface area contributed by atoms with Crippen LogP contribution in [-0.2, 0) is 0 Å². The number of aromatic carboxylic acids is 1. The number of hydrogen-bond donors (Lipinski definition) is 2. The van der Waals surface area contributed by atoms with Crippen LogP contribution < -0.4 is 5.32 Å². The van der Waals surface area contributed by atoms with E-state index in [0.29, 0.717) is 17.8 Å². The number of nitrogens with zero attached hydrogens (tertiary/aromatic N) is 2. The SMILES string of the molecule is Cc1ccc(NC(=O)c2cc([N+](=O)[O-])cc([N+](=O)[O-])c2C(=O)O)cc1. The summed E-state index contributed by atoms with van der Waals surface area (Å²) in [5.74, 6) is -2.75. The molecule has 0 aliphatic heterocycles. The van der Waals surface area contributed by atoms with Crippen molar-refractivity contribution >= 4 is 28.9 Å². The van der Waals surface area contributed by atoms with E-state index in [1.165, 1.54) is 0 Å². The van der Waals surface area contributed by atoms with Gasteiger partial charge in [-0.2, -0.15) is 0 Å². The number of amides is 1. The van der Waals surface area contributed by atoms with E-state index in [-0.39, 0.29) is 0 Å². The largest absolute Gasteiger partial charge is 0.477 e. The van der Waals surface area contributed by atoms with E-state index >= 15 is 0 Å². The van der Waals surface area contributed by atoms with E-state index in [4.69, 9.17) is 0 Å². The van der Waals surface area contributed by atoms with Crippen LogP contribution in [0.25, 0.3) is 0 Å².